The van der Waals surface area contributed by atoms with Gasteiger partial charge in [0.1, 0.15) is 11.6 Å². The second kappa shape index (κ2) is 9.97. The third-order valence-electron chi connectivity index (χ3n) is 4.94. The highest BCUT2D eigenvalue weighted by atomic mass is 32.2. The van der Waals surface area contributed by atoms with Crippen LogP contribution in [0.5, 0.6) is 5.75 Å². The van der Waals surface area contributed by atoms with E-state index in [9.17, 15) is 18.0 Å². The number of nitrogens with two attached hydrogens (primary N) is 1. The first-order valence-electron chi connectivity index (χ1n) is 10.7. The molecule has 1 heterocycles. The molecule has 0 radical (unpaired) electrons. The van der Waals surface area contributed by atoms with E-state index < -0.39 is 16.0 Å². The number of aromatic nitrogens is 2. The van der Waals surface area contributed by atoms with Crippen molar-refractivity contribution in [2.24, 2.45) is 5.73 Å². The number of amides is 2. The maximum Gasteiger partial charge on any atom is 0.306 e. The molecule has 35 heavy (non-hydrogen) atoms. The number of primary amides is 1. The molecule has 0 bridgehead atoms. The van der Waals surface area contributed by atoms with E-state index in [-0.39, 0.29) is 40.6 Å². The zero-order valence-corrected chi connectivity index (χ0v) is 19.6. The highest BCUT2D eigenvalue weighted by molar-refractivity contribution is 7.86. The van der Waals surface area contributed by atoms with Crippen LogP contribution in [0.1, 0.15) is 39.1 Å². The van der Waals surface area contributed by atoms with Crippen LogP contribution in [0.3, 0.4) is 0 Å². The molecule has 3 aromatic rings. The maximum absolute atomic E-state index is 12.6. The number of hydrogen-bond acceptors (Lipinski definition) is 9. The van der Waals surface area contributed by atoms with Crippen molar-refractivity contribution in [3.8, 4) is 5.75 Å². The van der Waals surface area contributed by atoms with Crippen LogP contribution in [0, 0.1) is 0 Å². The van der Waals surface area contributed by atoms with E-state index in [4.69, 9.17) is 9.92 Å². The van der Waals surface area contributed by atoms with Crippen LogP contribution in [-0.2, 0) is 16.7 Å². The topological polar surface area (TPSA) is 165 Å². The zero-order valence-electron chi connectivity index (χ0n) is 18.8. The van der Waals surface area contributed by atoms with Crippen molar-refractivity contribution >= 4 is 39.4 Å². The molecule has 1 aliphatic carbocycles. The summed E-state index contributed by atoms with van der Waals surface area (Å²) in [6, 6.07) is 13.9. The van der Waals surface area contributed by atoms with Crippen molar-refractivity contribution < 1.29 is 22.2 Å². The van der Waals surface area contributed by atoms with Gasteiger partial charge in [-0.3, -0.25) is 9.59 Å². The molecular formula is C23H24N6O5S. The molecule has 1 aromatic heterocycles. The van der Waals surface area contributed by atoms with Gasteiger partial charge in [0.25, 0.3) is 11.8 Å². The lowest BCUT2D eigenvalue weighted by molar-refractivity contribution is 0.0949. The number of carbonyl (C=O) groups is 2. The Morgan fingerprint density at radius 1 is 1.14 bits per heavy atom. The number of carbonyl (C=O) groups excluding carboxylic acids is 2. The molecule has 2 aromatic carbocycles. The molecule has 0 spiro atoms. The van der Waals surface area contributed by atoms with Gasteiger partial charge in [-0.2, -0.15) is 13.4 Å². The quantitative estimate of drug-likeness (QED) is 0.308. The van der Waals surface area contributed by atoms with Crippen LogP contribution >= 0.6 is 0 Å². The van der Waals surface area contributed by atoms with Gasteiger partial charge in [-0.05, 0) is 30.5 Å². The van der Waals surface area contributed by atoms with Crippen molar-refractivity contribution in [1.82, 2.24) is 15.3 Å². The number of rotatable bonds is 10. The summed E-state index contributed by atoms with van der Waals surface area (Å²) >= 11 is 0. The molecule has 1 aliphatic rings. The second-order valence-corrected chi connectivity index (χ2v) is 9.64. The van der Waals surface area contributed by atoms with Gasteiger partial charge in [-0.25, -0.2) is 4.98 Å². The maximum atomic E-state index is 12.6. The fourth-order valence-corrected chi connectivity index (χ4v) is 3.64. The summed E-state index contributed by atoms with van der Waals surface area (Å²) in [5.41, 5.74) is 7.05. The van der Waals surface area contributed by atoms with E-state index in [0.717, 1.165) is 24.7 Å². The third-order valence-corrected chi connectivity index (χ3v) is 5.44. The molecule has 11 nitrogen and oxygen atoms in total. The minimum atomic E-state index is -3.83. The van der Waals surface area contributed by atoms with Crippen LogP contribution < -0.4 is 25.9 Å². The Kier molecular flexibility index (Phi) is 6.82. The van der Waals surface area contributed by atoms with E-state index in [2.05, 4.69) is 25.9 Å². The van der Waals surface area contributed by atoms with E-state index in [1.54, 1.807) is 0 Å². The number of nitrogens with one attached hydrogen (secondary N) is 3. The van der Waals surface area contributed by atoms with Crippen molar-refractivity contribution in [2.75, 3.05) is 16.9 Å². The molecule has 4 rings (SSSR count). The van der Waals surface area contributed by atoms with Crippen LogP contribution in [0.15, 0.2) is 54.7 Å². The Morgan fingerprint density at radius 3 is 2.54 bits per heavy atom. The van der Waals surface area contributed by atoms with Gasteiger partial charge in [-0.15, -0.1) is 0 Å². The molecule has 1 fully saturated rings. The monoisotopic (exact) mass is 496 g/mol. The molecule has 0 unspecified atom stereocenters. The Bertz CT molecular complexity index is 1360. The first kappa shape index (κ1) is 24.0. The van der Waals surface area contributed by atoms with Crippen LogP contribution in [-0.4, -0.2) is 42.5 Å². The van der Waals surface area contributed by atoms with Crippen molar-refractivity contribution in [3.05, 3.63) is 71.4 Å². The summed E-state index contributed by atoms with van der Waals surface area (Å²) in [4.78, 5) is 32.9. The van der Waals surface area contributed by atoms with E-state index in [1.165, 1.54) is 24.4 Å². The van der Waals surface area contributed by atoms with Gasteiger partial charge in [0, 0.05) is 36.1 Å². The van der Waals surface area contributed by atoms with Crippen molar-refractivity contribution in [1.29, 1.82) is 0 Å². The first-order chi connectivity index (χ1) is 16.7. The lowest BCUT2D eigenvalue weighted by atomic mass is 10.1. The van der Waals surface area contributed by atoms with Gasteiger partial charge in [0.2, 0.25) is 5.95 Å². The molecular weight excluding hydrogens is 472 g/mol. The van der Waals surface area contributed by atoms with Gasteiger partial charge in [0.15, 0.2) is 0 Å². The summed E-state index contributed by atoms with van der Waals surface area (Å²) in [6.07, 6.45) is 3.99. The lowest BCUT2D eigenvalue weighted by Crippen LogP contribution is -2.25. The summed E-state index contributed by atoms with van der Waals surface area (Å²) in [5, 5.41) is 8.86. The minimum absolute atomic E-state index is 0.0466. The van der Waals surface area contributed by atoms with Crippen LogP contribution in [0.4, 0.5) is 17.5 Å². The highest BCUT2D eigenvalue weighted by Crippen LogP contribution is 2.26. The first-order valence-corrected chi connectivity index (χ1v) is 12.5. The van der Waals surface area contributed by atoms with E-state index in [0.29, 0.717) is 12.2 Å². The van der Waals surface area contributed by atoms with E-state index in [1.807, 2.05) is 30.3 Å². The van der Waals surface area contributed by atoms with Gasteiger partial charge in [0.05, 0.1) is 11.8 Å². The fourth-order valence-electron chi connectivity index (χ4n) is 3.19. The van der Waals surface area contributed by atoms with Gasteiger partial charge >= 0.3 is 10.1 Å². The van der Waals surface area contributed by atoms with Crippen molar-refractivity contribution in [2.45, 2.75) is 25.4 Å². The third kappa shape index (κ3) is 6.90. The molecule has 12 heteroatoms. The Morgan fingerprint density at radius 2 is 1.89 bits per heavy atom. The number of anilines is 3. The predicted molar refractivity (Wildman–Crippen MR) is 130 cm³/mol. The summed E-state index contributed by atoms with van der Waals surface area (Å²) in [7, 11) is -3.83. The molecule has 182 valence electrons. The van der Waals surface area contributed by atoms with Crippen LogP contribution in [0.2, 0.25) is 0 Å². The summed E-state index contributed by atoms with van der Waals surface area (Å²) < 4.78 is 28.3. The van der Waals surface area contributed by atoms with Crippen LogP contribution in [0.25, 0.3) is 0 Å². The minimum Gasteiger partial charge on any atom is -0.383 e. The standard InChI is InChI=1S/C23H24N6O5S/c1-35(32,33)34-18-10-15(22(31)27-16-7-8-16)9-17(11-18)28-23-26-13-19(20(24)30)21(29-23)25-12-14-5-3-2-4-6-14/h2-6,9-11,13,16H,7-8,12H2,1H3,(H2,24,30)(H,27,31)(H2,25,26,28,29). The largest absolute Gasteiger partial charge is 0.383 e. The molecule has 2 amide bonds. The molecule has 1 saturated carbocycles. The molecule has 5 N–H and O–H groups in total. The molecule has 0 atom stereocenters. The van der Waals surface area contributed by atoms with Crippen molar-refractivity contribution in [3.63, 3.8) is 0 Å². The molecule has 0 aliphatic heterocycles. The Labute approximate surface area is 202 Å². The average Bonchev–Trinajstić information content (AvgIpc) is 3.61. The average molecular weight is 497 g/mol. The van der Waals surface area contributed by atoms with Gasteiger partial charge < -0.3 is 25.9 Å². The smallest absolute Gasteiger partial charge is 0.306 e. The normalized spacial score (nSPS) is 13.1. The summed E-state index contributed by atoms with van der Waals surface area (Å²) in [5.74, 6) is -0.793. The second-order valence-electron chi connectivity index (χ2n) is 8.07. The van der Waals surface area contributed by atoms with Gasteiger partial charge in [-0.1, -0.05) is 30.3 Å². The highest BCUT2D eigenvalue weighted by Gasteiger charge is 2.24. The van der Waals surface area contributed by atoms with E-state index >= 15 is 0 Å². The predicted octanol–water partition coefficient (Wildman–Crippen LogP) is 2.16. The number of nitrogens with zero attached hydrogens (tertiary/aromatic N) is 2. The SMILES string of the molecule is CS(=O)(=O)Oc1cc(Nc2ncc(C(N)=O)c(NCc3ccccc3)n2)cc(C(=O)NC2CC2)c1. The Balaban J connectivity index is 1.61. The lowest BCUT2D eigenvalue weighted by Gasteiger charge is -2.13. The Hall–Kier alpha value is -4.19. The molecule has 0 saturated heterocycles. The fraction of sp³-hybridized carbons (Fsp3) is 0.217. The number of hydrogen-bond donors (Lipinski definition) is 4. The zero-order chi connectivity index (χ0) is 25.0. The number of benzene rings is 2. The summed E-state index contributed by atoms with van der Waals surface area (Å²) in [6.45, 7) is 0.390.